The first-order chi connectivity index (χ1) is 15.3. The molecule has 1 spiro atoms. The molecular weight excluding hydrogens is 418 g/mol. The van der Waals surface area contributed by atoms with Crippen molar-refractivity contribution in [2.24, 2.45) is 0 Å². The van der Waals surface area contributed by atoms with Gasteiger partial charge < -0.3 is 10.1 Å². The molecule has 3 N–H and O–H groups in total. The normalized spacial score (nSPS) is 17.2. The van der Waals surface area contributed by atoms with E-state index in [1.54, 1.807) is 24.3 Å². The lowest BCUT2D eigenvalue weighted by Gasteiger charge is -2.37. The molecule has 2 aliphatic rings. The van der Waals surface area contributed by atoms with Gasteiger partial charge in [-0.1, -0.05) is 12.1 Å². The molecule has 6 amide bonds. The number of rotatable bonds is 5. The third-order valence-electron chi connectivity index (χ3n) is 5.20. The van der Waals surface area contributed by atoms with E-state index in [1.807, 2.05) is 0 Å². The van der Waals surface area contributed by atoms with E-state index in [4.69, 9.17) is 4.74 Å². The highest BCUT2D eigenvalue weighted by Gasteiger charge is 2.60. The molecule has 2 aliphatic heterocycles. The van der Waals surface area contributed by atoms with Crippen LogP contribution < -0.4 is 25.6 Å². The summed E-state index contributed by atoms with van der Waals surface area (Å²) in [6.45, 7) is 1.85. The summed E-state index contributed by atoms with van der Waals surface area (Å²) in [7, 11) is 0. The maximum absolute atomic E-state index is 12.5. The number of benzene rings is 1. The van der Waals surface area contributed by atoms with Crippen LogP contribution in [0.2, 0.25) is 0 Å². The van der Waals surface area contributed by atoms with Crippen molar-refractivity contribution in [3.63, 3.8) is 0 Å². The van der Waals surface area contributed by atoms with Gasteiger partial charge in [-0.25, -0.2) is 9.78 Å². The van der Waals surface area contributed by atoms with Crippen molar-refractivity contribution in [3.05, 3.63) is 48.2 Å². The smallest absolute Gasteiger partial charge is 0.328 e. The number of barbiturate groups is 1. The molecule has 0 aliphatic carbocycles. The van der Waals surface area contributed by atoms with E-state index < -0.39 is 29.3 Å². The van der Waals surface area contributed by atoms with Crippen molar-refractivity contribution in [2.75, 3.05) is 4.90 Å². The summed E-state index contributed by atoms with van der Waals surface area (Å²) in [6, 6.07) is 9.13. The molecule has 164 valence electrons. The van der Waals surface area contributed by atoms with Crippen LogP contribution in [0.5, 0.6) is 11.6 Å². The Morgan fingerprint density at radius 3 is 2.38 bits per heavy atom. The number of pyridine rings is 1. The van der Waals surface area contributed by atoms with Gasteiger partial charge in [0.25, 0.3) is 11.8 Å². The van der Waals surface area contributed by atoms with E-state index in [0.717, 1.165) is 10.5 Å². The maximum Gasteiger partial charge on any atom is 0.328 e. The summed E-state index contributed by atoms with van der Waals surface area (Å²) in [4.78, 5) is 65.3. The van der Waals surface area contributed by atoms with E-state index in [1.165, 1.54) is 25.3 Å². The first kappa shape index (κ1) is 21.0. The van der Waals surface area contributed by atoms with Crippen LogP contribution in [0.3, 0.4) is 0 Å². The van der Waals surface area contributed by atoms with Gasteiger partial charge in [-0.05, 0) is 30.2 Å². The Balaban J connectivity index is 1.51. The number of ether oxygens (including phenoxy) is 1. The van der Waals surface area contributed by atoms with Crippen LogP contribution >= 0.6 is 0 Å². The lowest BCUT2D eigenvalue weighted by molar-refractivity contribution is -0.138. The molecule has 0 saturated carbocycles. The van der Waals surface area contributed by atoms with Crippen molar-refractivity contribution in [2.45, 2.75) is 31.8 Å². The highest BCUT2D eigenvalue weighted by Crippen LogP contribution is 2.37. The number of amides is 6. The van der Waals surface area contributed by atoms with Gasteiger partial charge in [-0.15, -0.1) is 0 Å². The van der Waals surface area contributed by atoms with Crippen molar-refractivity contribution in [1.29, 1.82) is 0 Å². The van der Waals surface area contributed by atoms with Gasteiger partial charge in [0.1, 0.15) is 5.75 Å². The highest BCUT2D eigenvalue weighted by molar-refractivity contribution is 6.28. The predicted octanol–water partition coefficient (Wildman–Crippen LogP) is 0.742. The van der Waals surface area contributed by atoms with Crippen molar-refractivity contribution in [3.8, 4) is 11.6 Å². The molecule has 32 heavy (non-hydrogen) atoms. The summed E-state index contributed by atoms with van der Waals surface area (Å²) in [5, 5.41) is 6.81. The number of hydrogen-bond donors (Lipinski definition) is 3. The summed E-state index contributed by atoms with van der Waals surface area (Å²) < 4.78 is 5.69. The number of hydrogen-bond acceptors (Lipinski definition) is 7. The molecule has 0 unspecified atom stereocenters. The number of aromatic nitrogens is 1. The Labute approximate surface area is 182 Å². The SMILES string of the molecule is CC(=O)NCc1ccc(Oc2ccc(N3C(=O)CCC34C(=O)NC(=O)NC4=O)cn2)cc1. The summed E-state index contributed by atoms with van der Waals surface area (Å²) in [5.41, 5.74) is -0.708. The minimum absolute atomic E-state index is 0.0296. The molecule has 0 bridgehead atoms. The van der Waals surface area contributed by atoms with E-state index >= 15 is 0 Å². The molecule has 2 saturated heterocycles. The van der Waals surface area contributed by atoms with Gasteiger partial charge in [0.2, 0.25) is 23.2 Å². The topological polar surface area (TPSA) is 147 Å². The van der Waals surface area contributed by atoms with Gasteiger partial charge in [-0.3, -0.25) is 34.7 Å². The maximum atomic E-state index is 12.5. The Hall–Kier alpha value is -4.28. The number of anilines is 1. The predicted molar refractivity (Wildman–Crippen MR) is 109 cm³/mol. The van der Waals surface area contributed by atoms with E-state index in [9.17, 15) is 24.0 Å². The van der Waals surface area contributed by atoms with Crippen molar-refractivity contribution < 1.29 is 28.7 Å². The van der Waals surface area contributed by atoms with E-state index in [0.29, 0.717) is 12.3 Å². The number of nitrogens with one attached hydrogen (secondary N) is 3. The second kappa shape index (κ2) is 8.10. The Bertz CT molecular complexity index is 1090. The molecule has 11 nitrogen and oxygen atoms in total. The zero-order chi connectivity index (χ0) is 22.9. The monoisotopic (exact) mass is 437 g/mol. The molecule has 1 aromatic carbocycles. The second-order valence-corrected chi connectivity index (χ2v) is 7.34. The standard InChI is InChI=1S/C21H19N5O6/c1-12(27)22-10-13-2-5-15(6-3-13)32-16-7-4-14(11-23-16)26-17(28)8-9-21(26)18(29)24-20(31)25-19(21)30/h2-7,11H,8-10H2,1H3,(H,22,27)(H2,24,25,29,30,31). The molecule has 1 aromatic heterocycles. The van der Waals surface area contributed by atoms with Gasteiger partial charge >= 0.3 is 6.03 Å². The minimum Gasteiger partial charge on any atom is -0.439 e. The quantitative estimate of drug-likeness (QED) is 0.585. The van der Waals surface area contributed by atoms with Crippen LogP contribution in [0.1, 0.15) is 25.3 Å². The van der Waals surface area contributed by atoms with Crippen LogP contribution in [0.25, 0.3) is 0 Å². The molecular formula is C21H19N5O6. The average Bonchev–Trinajstić information content (AvgIpc) is 3.10. The lowest BCUT2D eigenvalue weighted by atomic mass is 9.92. The summed E-state index contributed by atoms with van der Waals surface area (Å²) >= 11 is 0. The summed E-state index contributed by atoms with van der Waals surface area (Å²) in [5.74, 6) is -1.52. The molecule has 2 aromatic rings. The third-order valence-corrected chi connectivity index (χ3v) is 5.20. The zero-order valence-corrected chi connectivity index (χ0v) is 17.0. The van der Waals surface area contributed by atoms with Crippen molar-refractivity contribution in [1.82, 2.24) is 20.9 Å². The Kier molecular flexibility index (Phi) is 5.31. The Morgan fingerprint density at radius 2 is 1.78 bits per heavy atom. The van der Waals surface area contributed by atoms with Gasteiger partial charge in [0, 0.05) is 26.0 Å². The average molecular weight is 437 g/mol. The fourth-order valence-electron chi connectivity index (χ4n) is 3.65. The number of carbonyl (C=O) groups is 5. The van der Waals surface area contributed by atoms with Gasteiger partial charge in [0.05, 0.1) is 11.9 Å². The van der Waals surface area contributed by atoms with Crippen molar-refractivity contribution >= 4 is 35.3 Å². The molecule has 3 heterocycles. The lowest BCUT2D eigenvalue weighted by Crippen LogP contribution is -2.72. The van der Waals surface area contributed by atoms with E-state index in [2.05, 4.69) is 20.9 Å². The summed E-state index contributed by atoms with van der Waals surface area (Å²) in [6.07, 6.45) is 1.24. The fourth-order valence-corrected chi connectivity index (χ4v) is 3.65. The largest absolute Gasteiger partial charge is 0.439 e. The molecule has 11 heteroatoms. The second-order valence-electron chi connectivity index (χ2n) is 7.34. The molecule has 0 radical (unpaired) electrons. The molecule has 4 rings (SSSR count). The van der Waals surface area contributed by atoms with E-state index in [-0.39, 0.29) is 30.3 Å². The minimum atomic E-state index is -1.83. The number of imide groups is 2. The van der Waals surface area contributed by atoms with Gasteiger partial charge in [0.15, 0.2) is 0 Å². The number of urea groups is 1. The fraction of sp³-hybridized carbons (Fsp3) is 0.238. The van der Waals surface area contributed by atoms with Crippen LogP contribution in [0.4, 0.5) is 10.5 Å². The van der Waals surface area contributed by atoms with Gasteiger partial charge in [-0.2, -0.15) is 0 Å². The van der Waals surface area contributed by atoms with Crippen LogP contribution in [0, 0.1) is 0 Å². The number of carbonyl (C=O) groups excluding carboxylic acids is 5. The third kappa shape index (κ3) is 3.75. The van der Waals surface area contributed by atoms with Crippen LogP contribution in [-0.4, -0.2) is 40.2 Å². The highest BCUT2D eigenvalue weighted by atomic mass is 16.5. The molecule has 2 fully saturated rings. The molecule has 0 atom stereocenters. The first-order valence-electron chi connectivity index (χ1n) is 9.77. The first-order valence-corrected chi connectivity index (χ1v) is 9.77. The van der Waals surface area contributed by atoms with Crippen LogP contribution in [-0.2, 0) is 25.7 Å². The Morgan fingerprint density at radius 1 is 1.09 bits per heavy atom. The number of nitrogens with zero attached hydrogens (tertiary/aromatic N) is 2. The van der Waals surface area contributed by atoms with Crippen LogP contribution in [0.15, 0.2) is 42.6 Å². The zero-order valence-electron chi connectivity index (χ0n) is 17.0.